The Morgan fingerprint density at radius 1 is 1.00 bits per heavy atom. The molecular formula is C12H18O7. The highest BCUT2D eigenvalue weighted by Crippen LogP contribution is 2.33. The maximum atomic E-state index is 11.8. The van der Waals surface area contributed by atoms with Crippen LogP contribution in [0, 0.1) is 5.41 Å². The zero-order valence-electron chi connectivity index (χ0n) is 11.2. The van der Waals surface area contributed by atoms with E-state index >= 15 is 0 Å². The molecule has 0 heterocycles. The van der Waals surface area contributed by atoms with Crippen LogP contribution in [0.2, 0.25) is 0 Å². The zero-order valence-corrected chi connectivity index (χ0v) is 11.2. The number of carbonyl (C=O) groups excluding carboxylic acids is 3. The van der Waals surface area contributed by atoms with Crippen LogP contribution in [0.25, 0.3) is 0 Å². The average Bonchev–Trinajstić information content (AvgIpc) is 2.37. The topological polar surface area (TPSA) is 107 Å². The van der Waals surface area contributed by atoms with Crippen LogP contribution in [0.5, 0.6) is 0 Å². The Labute approximate surface area is 110 Å². The van der Waals surface area contributed by atoms with Gasteiger partial charge < -0.3 is 14.6 Å². The molecule has 0 aliphatic rings. The van der Waals surface area contributed by atoms with Gasteiger partial charge in [0.25, 0.3) is 0 Å². The largest absolute Gasteiger partial charge is 0.481 e. The van der Waals surface area contributed by atoms with Crippen molar-refractivity contribution in [3.63, 3.8) is 0 Å². The molecule has 0 aromatic rings. The lowest BCUT2D eigenvalue weighted by Crippen LogP contribution is -2.40. The van der Waals surface area contributed by atoms with Crippen LogP contribution in [-0.2, 0) is 28.7 Å². The summed E-state index contributed by atoms with van der Waals surface area (Å²) in [7, 11) is 2.30. The molecule has 0 rings (SSSR count). The van der Waals surface area contributed by atoms with Crippen LogP contribution in [0.3, 0.4) is 0 Å². The predicted molar refractivity (Wildman–Crippen MR) is 63.2 cm³/mol. The Morgan fingerprint density at radius 2 is 1.53 bits per heavy atom. The minimum atomic E-state index is -1.61. The number of carboxylic acids is 1. The normalized spacial score (nSPS) is 13.2. The van der Waals surface area contributed by atoms with Crippen molar-refractivity contribution in [3.8, 4) is 0 Å². The second kappa shape index (κ2) is 7.50. The van der Waals surface area contributed by atoms with Crippen molar-refractivity contribution in [2.75, 3.05) is 14.2 Å². The van der Waals surface area contributed by atoms with Crippen molar-refractivity contribution in [1.29, 1.82) is 0 Å². The average molecular weight is 274 g/mol. The number of carboxylic acid groups (broad SMARTS) is 1. The SMILES string of the molecule is COC(=O)CCC(CCC(=O)O)(C(C)=O)C(=O)OC. The molecule has 7 heteroatoms. The Bertz CT molecular complexity index is 374. The van der Waals surface area contributed by atoms with Gasteiger partial charge in [-0.3, -0.25) is 19.2 Å². The van der Waals surface area contributed by atoms with Crippen LogP contribution in [0.15, 0.2) is 0 Å². The fourth-order valence-corrected chi connectivity index (χ4v) is 1.76. The number of methoxy groups -OCH3 is 2. The first-order valence-electron chi connectivity index (χ1n) is 5.68. The van der Waals surface area contributed by atoms with Crippen LogP contribution in [-0.4, -0.2) is 43.0 Å². The van der Waals surface area contributed by atoms with Gasteiger partial charge in [-0.15, -0.1) is 0 Å². The molecule has 0 bridgehead atoms. The van der Waals surface area contributed by atoms with Gasteiger partial charge in [0.2, 0.25) is 0 Å². The smallest absolute Gasteiger partial charge is 0.319 e. The molecule has 108 valence electrons. The zero-order chi connectivity index (χ0) is 15.1. The Hall–Kier alpha value is -1.92. The van der Waals surface area contributed by atoms with Gasteiger partial charge in [0.15, 0.2) is 0 Å². The van der Waals surface area contributed by atoms with Crippen molar-refractivity contribution in [2.45, 2.75) is 32.6 Å². The summed E-state index contributed by atoms with van der Waals surface area (Å²) < 4.78 is 9.02. The van der Waals surface area contributed by atoms with E-state index in [2.05, 4.69) is 9.47 Å². The van der Waals surface area contributed by atoms with E-state index in [0.29, 0.717) is 0 Å². The summed E-state index contributed by atoms with van der Waals surface area (Å²) in [6, 6.07) is 0. The molecule has 0 fully saturated rings. The number of aliphatic carboxylic acids is 1. The van der Waals surface area contributed by atoms with Crippen LogP contribution in [0.4, 0.5) is 0 Å². The molecule has 0 aromatic carbocycles. The maximum Gasteiger partial charge on any atom is 0.319 e. The lowest BCUT2D eigenvalue weighted by molar-refractivity contribution is -0.159. The van der Waals surface area contributed by atoms with E-state index in [0.717, 1.165) is 7.11 Å². The number of carbonyl (C=O) groups is 4. The van der Waals surface area contributed by atoms with E-state index in [1.54, 1.807) is 0 Å². The second-order valence-electron chi connectivity index (χ2n) is 4.10. The summed E-state index contributed by atoms with van der Waals surface area (Å²) in [5.41, 5.74) is -1.61. The maximum absolute atomic E-state index is 11.8. The first-order valence-corrected chi connectivity index (χ1v) is 5.68. The Kier molecular flexibility index (Phi) is 6.74. The van der Waals surface area contributed by atoms with Gasteiger partial charge in [0.1, 0.15) is 11.2 Å². The number of Topliss-reactive ketones (excluding diaryl/α,β-unsaturated/α-hetero) is 1. The van der Waals surface area contributed by atoms with E-state index in [1.807, 2.05) is 0 Å². The Balaban J connectivity index is 5.14. The molecule has 0 amide bonds. The minimum absolute atomic E-state index is 0.130. The summed E-state index contributed by atoms with van der Waals surface area (Å²) in [5, 5.41) is 8.68. The summed E-state index contributed by atoms with van der Waals surface area (Å²) >= 11 is 0. The third-order valence-corrected chi connectivity index (χ3v) is 3.00. The highest BCUT2D eigenvalue weighted by molar-refractivity contribution is 6.03. The second-order valence-corrected chi connectivity index (χ2v) is 4.10. The number of esters is 2. The van der Waals surface area contributed by atoms with Crippen LogP contribution in [0.1, 0.15) is 32.6 Å². The van der Waals surface area contributed by atoms with E-state index in [9.17, 15) is 19.2 Å². The molecule has 0 saturated heterocycles. The third-order valence-electron chi connectivity index (χ3n) is 3.00. The number of hydrogen-bond donors (Lipinski definition) is 1. The molecule has 19 heavy (non-hydrogen) atoms. The van der Waals surface area contributed by atoms with E-state index in [1.165, 1.54) is 14.0 Å². The number of ketones is 1. The predicted octanol–water partition coefficient (Wildman–Crippen LogP) is 0.553. The molecule has 0 radical (unpaired) electrons. The lowest BCUT2D eigenvalue weighted by Gasteiger charge is -2.27. The minimum Gasteiger partial charge on any atom is -0.481 e. The van der Waals surface area contributed by atoms with Gasteiger partial charge in [-0.05, 0) is 19.8 Å². The van der Waals surface area contributed by atoms with Gasteiger partial charge in [0.05, 0.1) is 14.2 Å². The van der Waals surface area contributed by atoms with Crippen molar-refractivity contribution in [1.82, 2.24) is 0 Å². The molecular weight excluding hydrogens is 256 g/mol. The fourth-order valence-electron chi connectivity index (χ4n) is 1.76. The highest BCUT2D eigenvalue weighted by Gasteiger charge is 2.44. The van der Waals surface area contributed by atoms with Gasteiger partial charge in [-0.2, -0.15) is 0 Å². The molecule has 0 aliphatic heterocycles. The first-order chi connectivity index (χ1) is 8.80. The van der Waals surface area contributed by atoms with Gasteiger partial charge in [-0.25, -0.2) is 0 Å². The number of ether oxygens (including phenoxy) is 2. The van der Waals surface area contributed by atoms with Crippen molar-refractivity contribution < 1.29 is 33.8 Å². The summed E-state index contributed by atoms with van der Waals surface area (Å²) in [6.07, 6.45) is -0.864. The van der Waals surface area contributed by atoms with Gasteiger partial charge in [-0.1, -0.05) is 0 Å². The number of rotatable bonds is 8. The Morgan fingerprint density at radius 3 is 1.89 bits per heavy atom. The van der Waals surface area contributed by atoms with E-state index in [-0.39, 0.29) is 25.7 Å². The van der Waals surface area contributed by atoms with Gasteiger partial charge >= 0.3 is 17.9 Å². The van der Waals surface area contributed by atoms with Crippen molar-refractivity contribution in [3.05, 3.63) is 0 Å². The van der Waals surface area contributed by atoms with Gasteiger partial charge in [0, 0.05) is 12.8 Å². The van der Waals surface area contributed by atoms with Crippen LogP contribution >= 0.6 is 0 Å². The lowest BCUT2D eigenvalue weighted by atomic mass is 9.75. The summed E-state index contributed by atoms with van der Waals surface area (Å²) in [5.74, 6) is -3.06. The summed E-state index contributed by atoms with van der Waals surface area (Å²) in [6.45, 7) is 1.18. The highest BCUT2D eigenvalue weighted by atomic mass is 16.5. The molecule has 0 aromatic heterocycles. The quantitative estimate of drug-likeness (QED) is 0.508. The van der Waals surface area contributed by atoms with E-state index < -0.39 is 29.1 Å². The molecule has 1 atom stereocenters. The van der Waals surface area contributed by atoms with Crippen molar-refractivity contribution >= 4 is 23.7 Å². The molecule has 0 spiro atoms. The first kappa shape index (κ1) is 17.1. The molecule has 1 N–H and O–H groups in total. The molecule has 7 nitrogen and oxygen atoms in total. The monoisotopic (exact) mass is 274 g/mol. The van der Waals surface area contributed by atoms with E-state index in [4.69, 9.17) is 5.11 Å². The number of hydrogen-bond acceptors (Lipinski definition) is 6. The fraction of sp³-hybridized carbons (Fsp3) is 0.667. The molecule has 0 aliphatic carbocycles. The molecule has 1 unspecified atom stereocenters. The standard InChI is InChI=1S/C12H18O7/c1-8(13)12(11(17)19-3,6-4-9(14)15)7-5-10(16)18-2/h4-7H2,1-3H3,(H,14,15). The van der Waals surface area contributed by atoms with Crippen molar-refractivity contribution in [2.24, 2.45) is 5.41 Å². The third kappa shape index (κ3) is 4.69. The summed E-state index contributed by atoms with van der Waals surface area (Å²) in [4.78, 5) is 45.3. The van der Waals surface area contributed by atoms with Crippen LogP contribution < -0.4 is 0 Å². The molecule has 0 saturated carbocycles.